The SMILES string of the molecule is [CH2]CCCc1cccnn1. The van der Waals surface area contributed by atoms with Crippen molar-refractivity contribution in [2.24, 2.45) is 0 Å². The van der Waals surface area contributed by atoms with E-state index >= 15 is 0 Å². The van der Waals surface area contributed by atoms with Crippen LogP contribution in [0.4, 0.5) is 0 Å². The molecule has 0 N–H and O–H groups in total. The zero-order valence-corrected chi connectivity index (χ0v) is 5.95. The van der Waals surface area contributed by atoms with Gasteiger partial charge < -0.3 is 0 Å². The van der Waals surface area contributed by atoms with Crippen LogP contribution in [0.15, 0.2) is 18.3 Å². The number of hydrogen-bond acceptors (Lipinski definition) is 2. The number of hydrogen-bond donors (Lipinski definition) is 0. The molecule has 0 aliphatic carbocycles. The molecule has 0 atom stereocenters. The van der Waals surface area contributed by atoms with Gasteiger partial charge in [0.1, 0.15) is 0 Å². The van der Waals surface area contributed by atoms with E-state index in [-0.39, 0.29) is 0 Å². The molecule has 1 aromatic rings. The maximum Gasteiger partial charge on any atom is 0.0631 e. The lowest BCUT2D eigenvalue weighted by atomic mass is 10.2. The molecule has 0 aromatic carbocycles. The third-order valence-electron chi connectivity index (χ3n) is 1.31. The van der Waals surface area contributed by atoms with Crippen LogP contribution < -0.4 is 0 Å². The van der Waals surface area contributed by atoms with Gasteiger partial charge in [0.05, 0.1) is 5.69 Å². The highest BCUT2D eigenvalue weighted by atomic mass is 15.1. The molecule has 0 saturated heterocycles. The molecular weight excluding hydrogens is 124 g/mol. The Morgan fingerprint density at radius 3 is 3.00 bits per heavy atom. The topological polar surface area (TPSA) is 25.8 Å². The highest BCUT2D eigenvalue weighted by molar-refractivity contribution is 4.98. The molecule has 0 unspecified atom stereocenters. The van der Waals surface area contributed by atoms with Crippen molar-refractivity contribution in [1.82, 2.24) is 10.2 Å². The van der Waals surface area contributed by atoms with Gasteiger partial charge in [0.2, 0.25) is 0 Å². The zero-order chi connectivity index (χ0) is 7.23. The van der Waals surface area contributed by atoms with Gasteiger partial charge in [0.25, 0.3) is 0 Å². The lowest BCUT2D eigenvalue weighted by Gasteiger charge is -1.94. The number of unbranched alkanes of at least 4 members (excludes halogenated alkanes) is 1. The highest BCUT2D eigenvalue weighted by Gasteiger charge is 1.90. The fourth-order valence-corrected chi connectivity index (χ4v) is 0.773. The summed E-state index contributed by atoms with van der Waals surface area (Å²) in [5.74, 6) is 0. The minimum Gasteiger partial charge on any atom is -0.159 e. The number of nitrogens with zero attached hydrogens (tertiary/aromatic N) is 2. The molecule has 0 bridgehead atoms. The summed E-state index contributed by atoms with van der Waals surface area (Å²) in [6, 6.07) is 3.90. The molecular formula is C8H11N2. The predicted octanol–water partition coefficient (Wildman–Crippen LogP) is 1.63. The molecule has 10 heavy (non-hydrogen) atoms. The van der Waals surface area contributed by atoms with E-state index in [4.69, 9.17) is 0 Å². The quantitative estimate of drug-likeness (QED) is 0.629. The van der Waals surface area contributed by atoms with E-state index in [9.17, 15) is 0 Å². The standard InChI is InChI=1S/C8H11N2/c1-2-3-5-8-6-4-7-9-10-8/h4,6-7H,1-3,5H2. The molecule has 1 rings (SSSR count). The molecule has 53 valence electrons. The van der Waals surface area contributed by atoms with E-state index in [1.165, 1.54) is 0 Å². The van der Waals surface area contributed by atoms with Crippen LogP contribution in [0.2, 0.25) is 0 Å². The maximum absolute atomic E-state index is 3.94. The molecule has 0 spiro atoms. The molecule has 0 amide bonds. The Morgan fingerprint density at radius 1 is 1.50 bits per heavy atom. The number of rotatable bonds is 3. The van der Waals surface area contributed by atoms with Gasteiger partial charge in [-0.2, -0.15) is 10.2 Å². The van der Waals surface area contributed by atoms with Crippen molar-refractivity contribution in [3.8, 4) is 0 Å². The average Bonchev–Trinajstić information content (AvgIpc) is 2.03. The molecule has 2 nitrogen and oxygen atoms in total. The van der Waals surface area contributed by atoms with Crippen molar-refractivity contribution in [3.63, 3.8) is 0 Å². The predicted molar refractivity (Wildman–Crippen MR) is 40.3 cm³/mol. The Balaban J connectivity index is 2.43. The number of aryl methyl sites for hydroxylation is 1. The minimum absolute atomic E-state index is 0.969. The first-order valence-corrected chi connectivity index (χ1v) is 3.49. The van der Waals surface area contributed by atoms with E-state index in [2.05, 4.69) is 17.1 Å². The molecule has 0 saturated carbocycles. The van der Waals surface area contributed by atoms with Gasteiger partial charge in [-0.15, -0.1) is 0 Å². The van der Waals surface area contributed by atoms with Crippen LogP contribution in [0.3, 0.4) is 0 Å². The van der Waals surface area contributed by atoms with E-state index in [0.717, 1.165) is 25.0 Å². The van der Waals surface area contributed by atoms with Crippen molar-refractivity contribution in [2.75, 3.05) is 0 Å². The van der Waals surface area contributed by atoms with Gasteiger partial charge in [-0.05, 0) is 25.0 Å². The Hall–Kier alpha value is -0.920. The average molecular weight is 135 g/mol. The van der Waals surface area contributed by atoms with E-state index in [0.29, 0.717) is 0 Å². The van der Waals surface area contributed by atoms with Gasteiger partial charge in [0.15, 0.2) is 0 Å². The first-order chi connectivity index (χ1) is 4.93. The molecule has 0 aliphatic rings. The maximum atomic E-state index is 3.94. The molecule has 1 radical (unpaired) electrons. The zero-order valence-electron chi connectivity index (χ0n) is 5.95. The van der Waals surface area contributed by atoms with Crippen LogP contribution in [-0.4, -0.2) is 10.2 Å². The van der Waals surface area contributed by atoms with Crippen LogP contribution in [0.1, 0.15) is 18.5 Å². The summed E-state index contributed by atoms with van der Waals surface area (Å²) in [6.07, 6.45) is 4.75. The van der Waals surface area contributed by atoms with Gasteiger partial charge >= 0.3 is 0 Å². The Morgan fingerprint density at radius 2 is 2.40 bits per heavy atom. The Bertz CT molecular complexity index is 172. The van der Waals surface area contributed by atoms with Gasteiger partial charge in [-0.3, -0.25) is 0 Å². The summed E-state index contributed by atoms with van der Waals surface area (Å²) in [5.41, 5.74) is 1.06. The van der Waals surface area contributed by atoms with Crippen LogP contribution in [0.25, 0.3) is 0 Å². The minimum atomic E-state index is 0.969. The first kappa shape index (κ1) is 7.19. The number of aromatic nitrogens is 2. The van der Waals surface area contributed by atoms with Crippen molar-refractivity contribution >= 4 is 0 Å². The van der Waals surface area contributed by atoms with Crippen LogP contribution in [-0.2, 0) is 6.42 Å². The third kappa shape index (κ3) is 2.13. The normalized spacial score (nSPS) is 9.70. The summed E-state index contributed by atoms with van der Waals surface area (Å²) in [6.45, 7) is 3.75. The summed E-state index contributed by atoms with van der Waals surface area (Å²) in [7, 11) is 0. The van der Waals surface area contributed by atoms with E-state index in [1.54, 1.807) is 6.20 Å². The van der Waals surface area contributed by atoms with Crippen molar-refractivity contribution < 1.29 is 0 Å². The second-order valence-corrected chi connectivity index (χ2v) is 2.17. The van der Waals surface area contributed by atoms with Crippen molar-refractivity contribution in [2.45, 2.75) is 19.3 Å². The van der Waals surface area contributed by atoms with Gasteiger partial charge in [-0.1, -0.05) is 13.3 Å². The fourth-order valence-electron chi connectivity index (χ4n) is 0.773. The fraction of sp³-hybridized carbons (Fsp3) is 0.375. The first-order valence-electron chi connectivity index (χ1n) is 3.49. The van der Waals surface area contributed by atoms with Crippen LogP contribution >= 0.6 is 0 Å². The van der Waals surface area contributed by atoms with Crippen molar-refractivity contribution in [3.05, 3.63) is 30.9 Å². The molecule has 0 fully saturated rings. The molecule has 1 heterocycles. The van der Waals surface area contributed by atoms with Gasteiger partial charge in [0, 0.05) is 6.20 Å². The second kappa shape index (κ2) is 3.99. The smallest absolute Gasteiger partial charge is 0.0631 e. The molecule has 1 aromatic heterocycles. The molecule has 2 heteroatoms. The van der Waals surface area contributed by atoms with E-state index < -0.39 is 0 Å². The lowest BCUT2D eigenvalue weighted by Crippen LogP contribution is -1.90. The van der Waals surface area contributed by atoms with E-state index in [1.807, 2.05) is 12.1 Å². The summed E-state index contributed by atoms with van der Waals surface area (Å²) >= 11 is 0. The second-order valence-electron chi connectivity index (χ2n) is 2.17. The molecule has 0 aliphatic heterocycles. The Kier molecular flexibility index (Phi) is 2.87. The summed E-state index contributed by atoms with van der Waals surface area (Å²) < 4.78 is 0. The monoisotopic (exact) mass is 135 g/mol. The van der Waals surface area contributed by atoms with Crippen molar-refractivity contribution in [1.29, 1.82) is 0 Å². The lowest BCUT2D eigenvalue weighted by molar-refractivity contribution is 0.791. The Labute approximate surface area is 61.3 Å². The largest absolute Gasteiger partial charge is 0.159 e. The van der Waals surface area contributed by atoms with Crippen LogP contribution in [0.5, 0.6) is 0 Å². The third-order valence-corrected chi connectivity index (χ3v) is 1.31. The van der Waals surface area contributed by atoms with Crippen LogP contribution in [0, 0.1) is 6.92 Å². The highest BCUT2D eigenvalue weighted by Crippen LogP contribution is 1.97. The summed E-state index contributed by atoms with van der Waals surface area (Å²) in [4.78, 5) is 0. The summed E-state index contributed by atoms with van der Waals surface area (Å²) in [5, 5.41) is 7.71. The van der Waals surface area contributed by atoms with Gasteiger partial charge in [-0.25, -0.2) is 0 Å².